The highest BCUT2D eigenvalue weighted by atomic mass is 19.1. The van der Waals surface area contributed by atoms with Gasteiger partial charge in [0.25, 0.3) is 0 Å². The topological polar surface area (TPSA) is 69.4 Å². The summed E-state index contributed by atoms with van der Waals surface area (Å²) in [5.74, 6) is -0.220. The Kier molecular flexibility index (Phi) is 7.13. The first-order chi connectivity index (χ1) is 17.1. The van der Waals surface area contributed by atoms with Crippen LogP contribution in [0.2, 0.25) is 0 Å². The molecule has 5 rings (SSSR count). The highest BCUT2D eigenvalue weighted by Gasteiger charge is 2.26. The minimum Gasteiger partial charge on any atom is -0.507 e. The smallest absolute Gasteiger partial charge is 0.343 e. The fourth-order valence-corrected chi connectivity index (χ4v) is 4.79. The van der Waals surface area contributed by atoms with Crippen LogP contribution in [-0.4, -0.2) is 60.8 Å². The van der Waals surface area contributed by atoms with Gasteiger partial charge in [0.1, 0.15) is 17.8 Å². The Bertz CT molecular complexity index is 1180. The van der Waals surface area contributed by atoms with Gasteiger partial charge in [-0.1, -0.05) is 30.3 Å². The highest BCUT2D eigenvalue weighted by molar-refractivity contribution is 5.46. The number of morpholine rings is 1. The summed E-state index contributed by atoms with van der Waals surface area (Å²) in [4.78, 5) is 19.1. The van der Waals surface area contributed by atoms with Crippen LogP contribution in [0.3, 0.4) is 0 Å². The summed E-state index contributed by atoms with van der Waals surface area (Å²) < 4.78 is 24.5. The Labute approximate surface area is 204 Å². The number of hydrogen-bond donors (Lipinski definition) is 1. The number of aromatic hydroxyl groups is 1. The molecule has 8 heteroatoms. The highest BCUT2D eigenvalue weighted by Crippen LogP contribution is 2.27. The van der Waals surface area contributed by atoms with E-state index in [2.05, 4.69) is 14.7 Å². The van der Waals surface area contributed by atoms with E-state index < -0.39 is 5.63 Å². The van der Waals surface area contributed by atoms with Crippen LogP contribution in [0, 0.1) is 5.82 Å². The van der Waals surface area contributed by atoms with Gasteiger partial charge in [-0.3, -0.25) is 9.80 Å². The molecule has 2 fully saturated rings. The summed E-state index contributed by atoms with van der Waals surface area (Å²) in [6, 6.07) is 16.6. The minimum atomic E-state index is -0.505. The van der Waals surface area contributed by atoms with Crippen molar-refractivity contribution in [1.29, 1.82) is 0 Å². The molecule has 184 valence electrons. The third-order valence-electron chi connectivity index (χ3n) is 6.81. The maximum Gasteiger partial charge on any atom is 0.343 e. The average molecular weight is 480 g/mol. The Morgan fingerprint density at radius 3 is 2.40 bits per heavy atom. The van der Waals surface area contributed by atoms with E-state index in [-0.39, 0.29) is 17.7 Å². The van der Waals surface area contributed by atoms with Crippen molar-refractivity contribution < 1.29 is 18.7 Å². The largest absolute Gasteiger partial charge is 0.507 e. The van der Waals surface area contributed by atoms with E-state index in [1.807, 2.05) is 30.3 Å². The van der Waals surface area contributed by atoms with E-state index in [0.29, 0.717) is 43.9 Å². The molecule has 3 aromatic rings. The van der Waals surface area contributed by atoms with Gasteiger partial charge in [0.15, 0.2) is 0 Å². The van der Waals surface area contributed by atoms with Gasteiger partial charge < -0.3 is 19.2 Å². The van der Waals surface area contributed by atoms with Gasteiger partial charge in [0.05, 0.1) is 18.3 Å². The van der Waals surface area contributed by atoms with Gasteiger partial charge in [0, 0.05) is 63.6 Å². The lowest BCUT2D eigenvalue weighted by Crippen LogP contribution is -2.46. The Morgan fingerprint density at radius 1 is 0.914 bits per heavy atom. The molecule has 2 aliphatic rings. The summed E-state index contributed by atoms with van der Waals surface area (Å²) in [5.41, 5.74) is 2.50. The number of anilines is 1. The Morgan fingerprint density at radius 2 is 1.66 bits per heavy atom. The molecule has 1 atom stereocenters. The van der Waals surface area contributed by atoms with Crippen molar-refractivity contribution in [3.63, 3.8) is 0 Å². The summed E-state index contributed by atoms with van der Waals surface area (Å²) >= 11 is 0. The van der Waals surface area contributed by atoms with Gasteiger partial charge in [0.2, 0.25) is 0 Å². The number of piperazine rings is 1. The molecule has 0 spiro atoms. The molecule has 2 aromatic carbocycles. The number of hydrogen-bond acceptors (Lipinski definition) is 7. The predicted molar refractivity (Wildman–Crippen MR) is 131 cm³/mol. The van der Waals surface area contributed by atoms with Crippen LogP contribution in [-0.2, 0) is 17.8 Å². The van der Waals surface area contributed by atoms with Crippen molar-refractivity contribution in [3.05, 3.63) is 93.8 Å². The van der Waals surface area contributed by atoms with E-state index in [4.69, 9.17) is 9.15 Å². The molecule has 0 saturated carbocycles. The van der Waals surface area contributed by atoms with Crippen LogP contribution in [0.25, 0.3) is 0 Å². The molecule has 3 heterocycles. The zero-order valence-corrected chi connectivity index (χ0v) is 19.6. The van der Waals surface area contributed by atoms with E-state index in [1.54, 1.807) is 12.1 Å². The molecule has 0 radical (unpaired) electrons. The number of benzene rings is 2. The first-order valence-electron chi connectivity index (χ1n) is 12.0. The minimum absolute atomic E-state index is 0.0185. The first kappa shape index (κ1) is 23.5. The normalized spacial score (nSPS) is 19.7. The lowest BCUT2D eigenvalue weighted by Gasteiger charge is -2.36. The zero-order chi connectivity index (χ0) is 24.2. The summed E-state index contributed by atoms with van der Waals surface area (Å²) in [6.07, 6.45) is 1.30. The van der Waals surface area contributed by atoms with Crippen LogP contribution in [0.4, 0.5) is 10.1 Å². The van der Waals surface area contributed by atoms with Crippen molar-refractivity contribution in [2.45, 2.75) is 19.2 Å². The van der Waals surface area contributed by atoms with E-state index in [0.717, 1.165) is 37.4 Å². The van der Waals surface area contributed by atoms with Crippen molar-refractivity contribution >= 4 is 5.69 Å². The predicted octanol–water partition coefficient (Wildman–Crippen LogP) is 3.38. The average Bonchev–Trinajstić information content (AvgIpc) is 2.90. The monoisotopic (exact) mass is 479 g/mol. The van der Waals surface area contributed by atoms with Crippen LogP contribution in [0.1, 0.15) is 22.8 Å². The molecule has 2 saturated heterocycles. The second-order valence-electron chi connectivity index (χ2n) is 9.12. The van der Waals surface area contributed by atoms with Gasteiger partial charge in [-0.05, 0) is 29.8 Å². The number of halogens is 1. The van der Waals surface area contributed by atoms with Crippen LogP contribution in [0.15, 0.2) is 70.1 Å². The number of nitrogens with zero attached hydrogens (tertiary/aromatic N) is 3. The van der Waals surface area contributed by atoms with Crippen LogP contribution < -0.4 is 10.5 Å². The van der Waals surface area contributed by atoms with E-state index in [9.17, 15) is 14.3 Å². The maximum atomic E-state index is 13.2. The van der Waals surface area contributed by atoms with Crippen molar-refractivity contribution in [2.75, 3.05) is 50.8 Å². The lowest BCUT2D eigenvalue weighted by molar-refractivity contribution is -0.0334. The molecule has 0 amide bonds. The van der Waals surface area contributed by atoms with Crippen molar-refractivity contribution in [1.82, 2.24) is 9.80 Å². The molecular formula is C27H30FN3O4. The number of rotatable bonds is 6. The molecule has 0 aliphatic carbocycles. The molecule has 35 heavy (non-hydrogen) atoms. The molecule has 2 aliphatic heterocycles. The fourth-order valence-electron chi connectivity index (χ4n) is 4.79. The van der Waals surface area contributed by atoms with Gasteiger partial charge in [-0.25, -0.2) is 9.18 Å². The second-order valence-corrected chi connectivity index (χ2v) is 9.12. The van der Waals surface area contributed by atoms with Crippen molar-refractivity contribution in [3.8, 4) is 5.75 Å². The third kappa shape index (κ3) is 5.56. The first-order valence-corrected chi connectivity index (χ1v) is 12.0. The SMILES string of the molecule is O=c1occ(CN2CCN(c3ccc(F)cc3)CC2)c(O)c1CN1CCOC(c2ccccc2)C1. The van der Waals surface area contributed by atoms with E-state index in [1.165, 1.54) is 18.4 Å². The maximum absolute atomic E-state index is 13.2. The molecule has 1 aromatic heterocycles. The molecule has 1 unspecified atom stereocenters. The van der Waals surface area contributed by atoms with Crippen LogP contribution in [0.5, 0.6) is 5.75 Å². The van der Waals surface area contributed by atoms with Gasteiger partial charge in [-0.2, -0.15) is 0 Å². The summed E-state index contributed by atoms with van der Waals surface area (Å²) in [7, 11) is 0. The fraction of sp³-hybridized carbons (Fsp3) is 0.370. The zero-order valence-electron chi connectivity index (χ0n) is 19.6. The number of ether oxygens (including phenoxy) is 1. The van der Waals surface area contributed by atoms with Gasteiger partial charge >= 0.3 is 5.63 Å². The molecule has 7 nitrogen and oxygen atoms in total. The molecule has 0 bridgehead atoms. The second kappa shape index (κ2) is 10.6. The Hall–Kier alpha value is -3.20. The summed E-state index contributed by atoms with van der Waals surface area (Å²) in [5, 5.41) is 11.0. The molecule has 1 N–H and O–H groups in total. The van der Waals surface area contributed by atoms with Crippen LogP contribution >= 0.6 is 0 Å². The molecular weight excluding hydrogens is 449 g/mol. The standard InChI is InChI=1S/C27H30FN3O4/c28-22-6-8-23(9-7-22)31-12-10-29(11-13-31)16-21-19-35-27(33)24(26(21)32)17-30-14-15-34-25(18-30)20-4-2-1-3-5-20/h1-9,19,25,32H,10-18H2. The van der Waals surface area contributed by atoms with Gasteiger partial charge in [-0.15, -0.1) is 0 Å². The van der Waals surface area contributed by atoms with E-state index >= 15 is 0 Å². The van der Waals surface area contributed by atoms with Crippen molar-refractivity contribution in [2.24, 2.45) is 0 Å². The summed E-state index contributed by atoms with van der Waals surface area (Å²) in [6.45, 7) is 5.85. The lowest BCUT2D eigenvalue weighted by atomic mass is 10.1. The quantitative estimate of drug-likeness (QED) is 0.581. The third-order valence-corrected chi connectivity index (χ3v) is 6.81. The Balaban J connectivity index is 1.22.